The van der Waals surface area contributed by atoms with Crippen LogP contribution in [0.5, 0.6) is 0 Å². The molecule has 0 spiro atoms. The van der Waals surface area contributed by atoms with Crippen LogP contribution in [-0.4, -0.2) is 20.2 Å². The molecule has 0 N–H and O–H groups in total. The van der Waals surface area contributed by atoms with E-state index in [1.54, 1.807) is 0 Å². The van der Waals surface area contributed by atoms with Crippen LogP contribution in [0.25, 0.3) is 0 Å². The van der Waals surface area contributed by atoms with Crippen molar-refractivity contribution in [3.8, 4) is 0 Å². The van der Waals surface area contributed by atoms with Gasteiger partial charge in [0.05, 0.1) is 0 Å². The standard InChI is InChI=1S/3C6H5.2HI.Sb/c3*1-2-4-6-5-3-1;;;/h3*1-5H;2*1H;/p-2. The molecule has 0 fully saturated rings. The molecule has 3 heteroatoms. The second kappa shape index (κ2) is 9.85. The van der Waals surface area contributed by atoms with Crippen molar-refractivity contribution in [3.63, 3.8) is 0 Å². The fourth-order valence-electron chi connectivity index (χ4n) is 2.18. The Bertz CT molecular complexity index is 533. The fraction of sp³-hybridized carbons (Fsp3) is 0. The minimum atomic E-state index is -1.83. The number of benzene rings is 3. The van der Waals surface area contributed by atoms with Crippen molar-refractivity contribution >= 4 is 30.7 Å². The number of hydrogen-bond donors (Lipinski definition) is 0. The van der Waals surface area contributed by atoms with Crippen molar-refractivity contribution < 1.29 is 48.0 Å². The van der Waals surface area contributed by atoms with Gasteiger partial charge in [0.15, 0.2) is 0 Å². The van der Waals surface area contributed by atoms with Crippen LogP contribution >= 0.6 is 0 Å². The van der Waals surface area contributed by atoms with Crippen molar-refractivity contribution in [2.75, 3.05) is 0 Å². The van der Waals surface area contributed by atoms with Gasteiger partial charge in [-0.3, -0.25) is 0 Å². The second-order valence-corrected chi connectivity index (χ2v) is 10.7. The van der Waals surface area contributed by atoms with Gasteiger partial charge in [0.1, 0.15) is 0 Å². The molecule has 3 rings (SSSR count). The molecule has 3 aromatic carbocycles. The average Bonchev–Trinajstić information content (AvgIpc) is 2.51. The zero-order valence-electron chi connectivity index (χ0n) is 11.4. The minimum absolute atomic E-state index is 0. The molecule has 0 bridgehead atoms. The van der Waals surface area contributed by atoms with Gasteiger partial charge in [0, 0.05) is 0 Å². The molecule has 0 nitrogen and oxygen atoms in total. The maximum atomic E-state index is 2.28. The summed E-state index contributed by atoms with van der Waals surface area (Å²) in [6.45, 7) is 0. The number of rotatable bonds is 3. The Morgan fingerprint density at radius 3 is 0.857 bits per heavy atom. The number of halogens is 2. The predicted octanol–water partition coefficient (Wildman–Crippen LogP) is -3.79. The maximum absolute atomic E-state index is 2.28. The van der Waals surface area contributed by atoms with Gasteiger partial charge in [-0.1, -0.05) is 0 Å². The Morgan fingerprint density at radius 2 is 0.619 bits per heavy atom. The quantitative estimate of drug-likeness (QED) is 0.212. The normalized spacial score (nSPS) is 9.57. The molecule has 21 heavy (non-hydrogen) atoms. The second-order valence-electron chi connectivity index (χ2n) is 4.34. The molecule has 0 aliphatic rings. The zero-order chi connectivity index (χ0) is 12.9. The molecule has 0 heterocycles. The topological polar surface area (TPSA) is 0 Å². The van der Waals surface area contributed by atoms with E-state index in [1.807, 2.05) is 0 Å². The van der Waals surface area contributed by atoms with Crippen LogP contribution < -0.4 is 58.5 Å². The predicted molar refractivity (Wildman–Crippen MR) is 84.0 cm³/mol. The van der Waals surface area contributed by atoms with Crippen molar-refractivity contribution in [3.05, 3.63) is 91.0 Å². The van der Waals surface area contributed by atoms with Gasteiger partial charge in [-0.25, -0.2) is 0 Å². The first kappa shape index (κ1) is 19.0. The SMILES string of the molecule is [I-].[I-].c1cc[c]([Sb]([c]2ccccc2)[c]2ccccc2)cc1. The molecule has 0 aliphatic heterocycles. The Hall–Kier alpha value is -0.0618. The molecule has 0 atom stereocenters. The first-order chi connectivity index (χ1) is 9.45. The van der Waals surface area contributed by atoms with E-state index in [9.17, 15) is 0 Å². The van der Waals surface area contributed by atoms with E-state index in [4.69, 9.17) is 0 Å². The van der Waals surface area contributed by atoms with E-state index in [2.05, 4.69) is 91.0 Å². The fourth-order valence-corrected chi connectivity index (χ4v) is 8.76. The van der Waals surface area contributed by atoms with Gasteiger partial charge in [0.2, 0.25) is 0 Å². The van der Waals surface area contributed by atoms with E-state index < -0.39 is 20.2 Å². The van der Waals surface area contributed by atoms with Crippen molar-refractivity contribution in [1.29, 1.82) is 0 Å². The molecule has 0 unspecified atom stereocenters. The summed E-state index contributed by atoms with van der Waals surface area (Å²) >= 11 is -1.83. The molecule has 108 valence electrons. The van der Waals surface area contributed by atoms with E-state index in [0.717, 1.165) is 0 Å². The van der Waals surface area contributed by atoms with Crippen LogP contribution in [0.4, 0.5) is 0 Å². The third-order valence-electron chi connectivity index (χ3n) is 3.04. The summed E-state index contributed by atoms with van der Waals surface area (Å²) in [4.78, 5) is 0. The average molecular weight is 607 g/mol. The van der Waals surface area contributed by atoms with Crippen LogP contribution in [0.15, 0.2) is 91.0 Å². The Kier molecular flexibility index (Phi) is 8.91. The number of hydrogen-bond acceptors (Lipinski definition) is 0. The van der Waals surface area contributed by atoms with Gasteiger partial charge in [-0.05, 0) is 0 Å². The molecule has 0 aliphatic carbocycles. The van der Waals surface area contributed by atoms with E-state index in [1.165, 1.54) is 10.5 Å². The molecule has 0 saturated carbocycles. The summed E-state index contributed by atoms with van der Waals surface area (Å²) in [5, 5.41) is 0. The van der Waals surface area contributed by atoms with Crippen LogP contribution in [-0.2, 0) is 0 Å². The van der Waals surface area contributed by atoms with Crippen molar-refractivity contribution in [2.24, 2.45) is 0 Å². The van der Waals surface area contributed by atoms with Gasteiger partial charge in [0.25, 0.3) is 0 Å². The van der Waals surface area contributed by atoms with E-state index in [-0.39, 0.29) is 48.0 Å². The van der Waals surface area contributed by atoms with E-state index >= 15 is 0 Å². The summed E-state index contributed by atoms with van der Waals surface area (Å²) in [5.41, 5.74) is 0. The Labute approximate surface area is 168 Å². The van der Waals surface area contributed by atoms with Crippen molar-refractivity contribution in [2.45, 2.75) is 0 Å². The summed E-state index contributed by atoms with van der Waals surface area (Å²) in [6.07, 6.45) is 0. The van der Waals surface area contributed by atoms with Crippen molar-refractivity contribution in [1.82, 2.24) is 0 Å². The molecule has 3 aromatic rings. The summed E-state index contributed by atoms with van der Waals surface area (Å²) in [5.74, 6) is 0. The third-order valence-corrected chi connectivity index (χ3v) is 10.0. The van der Waals surface area contributed by atoms with Crippen LogP contribution in [0.1, 0.15) is 0 Å². The molecule has 0 aromatic heterocycles. The van der Waals surface area contributed by atoms with Gasteiger partial charge in [-0.2, -0.15) is 0 Å². The van der Waals surface area contributed by atoms with Crippen LogP contribution in [0, 0.1) is 0 Å². The first-order valence-corrected chi connectivity index (χ1v) is 10.2. The van der Waals surface area contributed by atoms with Crippen LogP contribution in [0.3, 0.4) is 0 Å². The summed E-state index contributed by atoms with van der Waals surface area (Å²) < 4.78 is 4.55. The van der Waals surface area contributed by atoms with Crippen LogP contribution in [0.2, 0.25) is 0 Å². The van der Waals surface area contributed by atoms with Gasteiger partial charge < -0.3 is 48.0 Å². The van der Waals surface area contributed by atoms with E-state index in [0.29, 0.717) is 0 Å². The van der Waals surface area contributed by atoms with Gasteiger partial charge in [-0.15, -0.1) is 0 Å². The first-order valence-electron chi connectivity index (χ1n) is 6.40. The van der Waals surface area contributed by atoms with Gasteiger partial charge >= 0.3 is 122 Å². The zero-order valence-corrected chi connectivity index (χ0v) is 18.2. The molecular weight excluding hydrogens is 592 g/mol. The Morgan fingerprint density at radius 1 is 0.381 bits per heavy atom. The third kappa shape index (κ3) is 4.97. The summed E-state index contributed by atoms with van der Waals surface area (Å²) in [7, 11) is 0. The Balaban J connectivity index is 0.00000110. The molecular formula is C18H15I2Sb-2. The molecule has 0 saturated heterocycles. The molecule has 0 radical (unpaired) electrons. The monoisotopic (exact) mass is 606 g/mol. The summed E-state index contributed by atoms with van der Waals surface area (Å²) in [6, 6.07) is 32.9. The molecule has 0 amide bonds.